The molecule has 1 aromatic rings. The van der Waals surface area contributed by atoms with E-state index in [9.17, 15) is 0 Å². The molecule has 15 heavy (non-hydrogen) atoms. The van der Waals surface area contributed by atoms with Crippen molar-refractivity contribution in [1.29, 1.82) is 0 Å². The van der Waals surface area contributed by atoms with Gasteiger partial charge in [-0.3, -0.25) is 4.99 Å². The first-order chi connectivity index (χ1) is 7.09. The number of hydrogen-bond acceptors (Lipinski definition) is 3. The fourth-order valence-corrected chi connectivity index (χ4v) is 1.91. The second-order valence-electron chi connectivity index (χ2n) is 3.83. The highest BCUT2D eigenvalue weighted by atomic mass is 35.5. The molecule has 0 bridgehead atoms. The van der Waals surface area contributed by atoms with Gasteiger partial charge in [-0.1, -0.05) is 23.7 Å². The van der Waals surface area contributed by atoms with E-state index in [1.54, 1.807) is 0 Å². The van der Waals surface area contributed by atoms with Crippen molar-refractivity contribution in [3.63, 3.8) is 0 Å². The van der Waals surface area contributed by atoms with Crippen LogP contribution < -0.4 is 5.73 Å². The number of likely N-dealkylation sites (N-methyl/N-ethyl adjacent to an activating group) is 1. The van der Waals surface area contributed by atoms with Gasteiger partial charge in [0.25, 0.3) is 0 Å². The van der Waals surface area contributed by atoms with Crippen molar-refractivity contribution in [3.8, 4) is 0 Å². The van der Waals surface area contributed by atoms with Crippen LogP contribution in [-0.2, 0) is 0 Å². The molecular formula is C11H14ClN3. The summed E-state index contributed by atoms with van der Waals surface area (Å²) in [6.07, 6.45) is 0. The van der Waals surface area contributed by atoms with Gasteiger partial charge in [-0.15, -0.1) is 0 Å². The van der Waals surface area contributed by atoms with E-state index in [2.05, 4.69) is 11.1 Å². The van der Waals surface area contributed by atoms with Gasteiger partial charge >= 0.3 is 0 Å². The maximum atomic E-state index is 6.09. The molecule has 0 radical (unpaired) electrons. The molecule has 80 valence electrons. The SMILES string of the molecule is Cc1ccc(C2CN=C(N)N2C)cc1Cl. The molecule has 0 aromatic heterocycles. The zero-order valence-electron chi connectivity index (χ0n) is 8.87. The fraction of sp³-hybridized carbons (Fsp3) is 0.364. The molecule has 0 saturated carbocycles. The van der Waals surface area contributed by atoms with Crippen molar-refractivity contribution in [2.24, 2.45) is 10.7 Å². The van der Waals surface area contributed by atoms with Gasteiger partial charge < -0.3 is 10.6 Å². The van der Waals surface area contributed by atoms with Gasteiger partial charge in [-0.05, 0) is 24.1 Å². The topological polar surface area (TPSA) is 41.6 Å². The molecular weight excluding hydrogens is 210 g/mol. The average molecular weight is 224 g/mol. The van der Waals surface area contributed by atoms with E-state index >= 15 is 0 Å². The standard InChI is InChI=1S/C11H14ClN3/c1-7-3-4-8(5-9(7)12)10-6-14-11(13)15(10)2/h3-5,10H,6H2,1-2H3,(H2,13,14). The van der Waals surface area contributed by atoms with E-state index in [1.807, 2.05) is 31.0 Å². The number of aliphatic imine (C=N–C) groups is 1. The molecule has 1 aromatic carbocycles. The van der Waals surface area contributed by atoms with Gasteiger partial charge in [-0.2, -0.15) is 0 Å². The van der Waals surface area contributed by atoms with Crippen LogP contribution in [0, 0.1) is 6.92 Å². The van der Waals surface area contributed by atoms with Crippen LogP contribution in [0.5, 0.6) is 0 Å². The lowest BCUT2D eigenvalue weighted by Gasteiger charge is -2.21. The minimum Gasteiger partial charge on any atom is -0.370 e. The van der Waals surface area contributed by atoms with Crippen molar-refractivity contribution in [2.75, 3.05) is 13.6 Å². The first-order valence-corrected chi connectivity index (χ1v) is 5.26. The van der Waals surface area contributed by atoms with Gasteiger partial charge in [0.1, 0.15) is 0 Å². The Hall–Kier alpha value is -1.22. The number of guanidine groups is 1. The van der Waals surface area contributed by atoms with Crippen molar-refractivity contribution >= 4 is 17.6 Å². The van der Waals surface area contributed by atoms with Crippen LogP contribution in [0.2, 0.25) is 5.02 Å². The molecule has 1 aliphatic heterocycles. The predicted molar refractivity (Wildman–Crippen MR) is 63.2 cm³/mol. The summed E-state index contributed by atoms with van der Waals surface area (Å²) < 4.78 is 0. The second-order valence-corrected chi connectivity index (χ2v) is 4.24. The van der Waals surface area contributed by atoms with E-state index < -0.39 is 0 Å². The van der Waals surface area contributed by atoms with E-state index in [4.69, 9.17) is 17.3 Å². The summed E-state index contributed by atoms with van der Waals surface area (Å²) in [5.41, 5.74) is 7.97. The van der Waals surface area contributed by atoms with Gasteiger partial charge in [0.15, 0.2) is 5.96 Å². The van der Waals surface area contributed by atoms with Crippen LogP contribution in [0.3, 0.4) is 0 Å². The Morgan fingerprint density at radius 3 is 2.80 bits per heavy atom. The third-order valence-corrected chi connectivity index (χ3v) is 3.24. The molecule has 1 heterocycles. The Labute approximate surface area is 94.5 Å². The van der Waals surface area contributed by atoms with E-state index in [0.29, 0.717) is 12.5 Å². The van der Waals surface area contributed by atoms with Gasteiger partial charge in [-0.25, -0.2) is 0 Å². The summed E-state index contributed by atoms with van der Waals surface area (Å²) >= 11 is 6.09. The lowest BCUT2D eigenvalue weighted by Crippen LogP contribution is -2.32. The number of nitrogens with zero attached hydrogens (tertiary/aromatic N) is 2. The maximum absolute atomic E-state index is 6.09. The molecule has 0 saturated heterocycles. The Morgan fingerprint density at radius 1 is 1.53 bits per heavy atom. The number of rotatable bonds is 1. The number of benzene rings is 1. The number of nitrogens with two attached hydrogens (primary N) is 1. The molecule has 0 fully saturated rings. The fourth-order valence-electron chi connectivity index (χ4n) is 1.72. The number of halogens is 1. The van der Waals surface area contributed by atoms with Crippen LogP contribution in [-0.4, -0.2) is 24.5 Å². The summed E-state index contributed by atoms with van der Waals surface area (Å²) in [5.74, 6) is 0.594. The average Bonchev–Trinajstić information content (AvgIpc) is 2.53. The van der Waals surface area contributed by atoms with E-state index in [-0.39, 0.29) is 6.04 Å². The molecule has 0 aliphatic carbocycles. The van der Waals surface area contributed by atoms with Crippen molar-refractivity contribution in [1.82, 2.24) is 4.90 Å². The predicted octanol–water partition coefficient (Wildman–Crippen LogP) is 1.95. The van der Waals surface area contributed by atoms with E-state index in [1.165, 1.54) is 0 Å². The molecule has 1 aliphatic rings. The largest absolute Gasteiger partial charge is 0.370 e. The summed E-state index contributed by atoms with van der Waals surface area (Å²) in [7, 11) is 1.95. The van der Waals surface area contributed by atoms with Crippen LogP contribution in [0.25, 0.3) is 0 Å². The van der Waals surface area contributed by atoms with Gasteiger partial charge in [0, 0.05) is 12.1 Å². The number of aryl methyl sites for hydroxylation is 1. The summed E-state index contributed by atoms with van der Waals surface area (Å²) in [4.78, 5) is 6.18. The molecule has 1 atom stereocenters. The third kappa shape index (κ3) is 1.79. The smallest absolute Gasteiger partial charge is 0.191 e. The highest BCUT2D eigenvalue weighted by Gasteiger charge is 2.23. The van der Waals surface area contributed by atoms with Gasteiger partial charge in [0.05, 0.1) is 12.6 Å². The second kappa shape index (κ2) is 3.74. The molecule has 2 rings (SSSR count). The summed E-state index contributed by atoms with van der Waals surface area (Å²) in [5, 5.41) is 0.798. The monoisotopic (exact) mass is 223 g/mol. The Bertz CT molecular complexity index is 414. The lowest BCUT2D eigenvalue weighted by atomic mass is 10.1. The normalized spacial score (nSPS) is 20.6. The van der Waals surface area contributed by atoms with Crippen molar-refractivity contribution in [3.05, 3.63) is 34.3 Å². The maximum Gasteiger partial charge on any atom is 0.191 e. The summed E-state index contributed by atoms with van der Waals surface area (Å²) in [6.45, 7) is 2.71. The molecule has 1 unspecified atom stereocenters. The zero-order chi connectivity index (χ0) is 11.0. The molecule has 3 nitrogen and oxygen atoms in total. The van der Waals surface area contributed by atoms with Crippen LogP contribution in [0.15, 0.2) is 23.2 Å². The minimum atomic E-state index is 0.225. The van der Waals surface area contributed by atoms with Crippen molar-refractivity contribution in [2.45, 2.75) is 13.0 Å². The lowest BCUT2D eigenvalue weighted by molar-refractivity contribution is 0.414. The highest BCUT2D eigenvalue weighted by Crippen LogP contribution is 2.27. The molecule has 0 spiro atoms. The van der Waals surface area contributed by atoms with Crippen LogP contribution >= 0.6 is 11.6 Å². The van der Waals surface area contributed by atoms with Crippen molar-refractivity contribution < 1.29 is 0 Å². The Morgan fingerprint density at radius 2 is 2.27 bits per heavy atom. The van der Waals surface area contributed by atoms with Crippen LogP contribution in [0.4, 0.5) is 0 Å². The zero-order valence-corrected chi connectivity index (χ0v) is 9.62. The van der Waals surface area contributed by atoms with E-state index in [0.717, 1.165) is 16.1 Å². The Balaban J connectivity index is 2.28. The first kappa shape index (κ1) is 10.3. The van der Waals surface area contributed by atoms with Crippen LogP contribution in [0.1, 0.15) is 17.2 Å². The number of hydrogen-bond donors (Lipinski definition) is 1. The molecule has 0 amide bonds. The highest BCUT2D eigenvalue weighted by molar-refractivity contribution is 6.31. The minimum absolute atomic E-state index is 0.225. The molecule has 4 heteroatoms. The summed E-state index contributed by atoms with van der Waals surface area (Å²) in [6, 6.07) is 6.32. The molecule has 2 N–H and O–H groups in total. The Kier molecular flexibility index (Phi) is 2.57. The first-order valence-electron chi connectivity index (χ1n) is 4.88. The van der Waals surface area contributed by atoms with Gasteiger partial charge in [0.2, 0.25) is 0 Å². The third-order valence-electron chi connectivity index (χ3n) is 2.84. The quantitative estimate of drug-likeness (QED) is 0.791.